The number of carbonyl (C=O) groups is 1. The Morgan fingerprint density at radius 3 is 2.47 bits per heavy atom. The molecule has 0 bridgehead atoms. The Kier molecular flexibility index (Phi) is 5.93. The van der Waals surface area contributed by atoms with Crippen molar-refractivity contribution in [3.05, 3.63) is 90.3 Å². The molecule has 30 heavy (non-hydrogen) atoms. The van der Waals surface area contributed by atoms with E-state index in [1.807, 2.05) is 55.5 Å². The van der Waals surface area contributed by atoms with Crippen molar-refractivity contribution in [1.29, 1.82) is 0 Å². The summed E-state index contributed by atoms with van der Waals surface area (Å²) in [6, 6.07) is 25.7. The topological polar surface area (TPSA) is 69.0 Å². The Morgan fingerprint density at radius 2 is 1.67 bits per heavy atom. The van der Waals surface area contributed by atoms with Gasteiger partial charge in [0.2, 0.25) is 0 Å². The molecule has 150 valence electrons. The predicted octanol–water partition coefficient (Wildman–Crippen LogP) is 2.49. The van der Waals surface area contributed by atoms with Crippen molar-refractivity contribution >= 4 is 35.5 Å². The molecule has 0 saturated carbocycles. The number of carbonyl (C=O) groups excluding carboxylic acids is 1. The van der Waals surface area contributed by atoms with E-state index in [2.05, 4.69) is 33.8 Å². The zero-order valence-corrected chi connectivity index (χ0v) is 18.3. The number of rotatable bonds is 6. The molecule has 0 aliphatic heterocycles. The number of para-hydroxylation sites is 3. The number of nitrogens with zero attached hydrogens (tertiary/aromatic N) is 3. The van der Waals surface area contributed by atoms with Gasteiger partial charge in [0, 0.05) is 0 Å². The Bertz CT molecular complexity index is 1170. The average Bonchev–Trinajstić information content (AvgIpc) is 3.16. The van der Waals surface area contributed by atoms with E-state index in [9.17, 15) is 4.79 Å². The van der Waals surface area contributed by atoms with E-state index >= 15 is 0 Å². The molecule has 0 aliphatic carbocycles. The first-order valence-electron chi connectivity index (χ1n) is 9.36. The fourth-order valence-corrected chi connectivity index (χ4v) is 5.03. The predicted molar refractivity (Wildman–Crippen MR) is 119 cm³/mol. The summed E-state index contributed by atoms with van der Waals surface area (Å²) < 4.78 is 9.47. The standard InChI is InChI=1S/C23H20N4O2Se/c1-16-22(23(28)24-18-12-6-8-14-20(18)29-2)25-26-27(16)19-13-7-9-15-21(19)30-17-10-4-3-5-11-17/h3-15H,1-2H3,(H,24,28). The van der Waals surface area contributed by atoms with Crippen molar-refractivity contribution in [2.24, 2.45) is 0 Å². The molecule has 4 aromatic rings. The van der Waals surface area contributed by atoms with E-state index in [-0.39, 0.29) is 26.6 Å². The second-order valence-corrected chi connectivity index (χ2v) is 8.81. The number of benzene rings is 3. The number of amides is 1. The SMILES string of the molecule is COc1ccccc1NC(=O)c1nnn(-c2ccccc2[Se]c2ccccc2)c1C. The summed E-state index contributed by atoms with van der Waals surface area (Å²) in [6.07, 6.45) is 0. The number of hydrogen-bond acceptors (Lipinski definition) is 4. The van der Waals surface area contributed by atoms with Crippen LogP contribution in [0.1, 0.15) is 16.2 Å². The van der Waals surface area contributed by atoms with E-state index in [0.29, 0.717) is 17.1 Å². The molecule has 4 rings (SSSR count). The van der Waals surface area contributed by atoms with Crippen LogP contribution in [-0.4, -0.2) is 43.0 Å². The summed E-state index contributed by atoms with van der Waals surface area (Å²) in [5.41, 5.74) is 2.48. The van der Waals surface area contributed by atoms with Crippen LogP contribution in [0.25, 0.3) is 5.69 Å². The molecule has 0 unspecified atom stereocenters. The summed E-state index contributed by atoms with van der Waals surface area (Å²) in [4.78, 5) is 12.8. The number of hydrogen-bond donors (Lipinski definition) is 1. The summed E-state index contributed by atoms with van der Waals surface area (Å²) in [5, 5.41) is 11.3. The van der Waals surface area contributed by atoms with E-state index in [1.54, 1.807) is 23.9 Å². The van der Waals surface area contributed by atoms with Crippen molar-refractivity contribution in [3.8, 4) is 11.4 Å². The first-order chi connectivity index (χ1) is 14.7. The first-order valence-corrected chi connectivity index (χ1v) is 11.1. The van der Waals surface area contributed by atoms with Crippen LogP contribution in [0.4, 0.5) is 5.69 Å². The Hall–Kier alpha value is -3.41. The molecule has 1 amide bonds. The summed E-state index contributed by atoms with van der Waals surface area (Å²) in [7, 11) is 1.57. The van der Waals surface area contributed by atoms with E-state index < -0.39 is 0 Å². The molecule has 0 radical (unpaired) electrons. The van der Waals surface area contributed by atoms with Crippen LogP contribution in [0.5, 0.6) is 5.75 Å². The van der Waals surface area contributed by atoms with Crippen molar-refractivity contribution in [2.45, 2.75) is 6.92 Å². The number of aromatic nitrogens is 3. The summed E-state index contributed by atoms with van der Waals surface area (Å²) >= 11 is 0.107. The molecule has 0 saturated heterocycles. The zero-order chi connectivity index (χ0) is 20.9. The van der Waals surface area contributed by atoms with Crippen LogP contribution in [-0.2, 0) is 0 Å². The third-order valence-electron chi connectivity index (χ3n) is 4.53. The van der Waals surface area contributed by atoms with Gasteiger partial charge in [-0.05, 0) is 0 Å². The fourth-order valence-electron chi connectivity index (χ4n) is 3.03. The molecular weight excluding hydrogens is 443 g/mol. The van der Waals surface area contributed by atoms with Crippen LogP contribution in [0, 0.1) is 6.92 Å². The monoisotopic (exact) mass is 464 g/mol. The third kappa shape index (κ3) is 4.13. The molecule has 0 aliphatic rings. The van der Waals surface area contributed by atoms with Crippen molar-refractivity contribution in [1.82, 2.24) is 15.0 Å². The normalized spacial score (nSPS) is 10.6. The number of methoxy groups -OCH3 is 1. The average molecular weight is 463 g/mol. The van der Waals surface area contributed by atoms with Crippen LogP contribution in [0.3, 0.4) is 0 Å². The van der Waals surface area contributed by atoms with Crippen molar-refractivity contribution in [2.75, 3.05) is 12.4 Å². The van der Waals surface area contributed by atoms with E-state index in [0.717, 1.165) is 5.69 Å². The molecule has 7 heteroatoms. The van der Waals surface area contributed by atoms with Gasteiger partial charge in [0.05, 0.1) is 0 Å². The van der Waals surface area contributed by atoms with Gasteiger partial charge in [-0.25, -0.2) is 0 Å². The molecule has 0 fully saturated rings. The molecule has 3 aromatic carbocycles. The molecule has 0 atom stereocenters. The first kappa shape index (κ1) is 19.9. The Balaban J connectivity index is 1.63. The third-order valence-corrected chi connectivity index (χ3v) is 6.78. The van der Waals surface area contributed by atoms with Crippen LogP contribution in [0.15, 0.2) is 78.9 Å². The fraction of sp³-hybridized carbons (Fsp3) is 0.0870. The van der Waals surface area contributed by atoms with E-state index in [4.69, 9.17) is 4.74 Å². The quantitative estimate of drug-likeness (QED) is 0.447. The van der Waals surface area contributed by atoms with Crippen LogP contribution < -0.4 is 19.0 Å². The minimum atomic E-state index is -0.325. The molecule has 1 heterocycles. The summed E-state index contributed by atoms with van der Waals surface area (Å²) in [6.45, 7) is 1.85. The van der Waals surface area contributed by atoms with Gasteiger partial charge in [-0.15, -0.1) is 0 Å². The Labute approximate surface area is 181 Å². The molecule has 1 N–H and O–H groups in total. The van der Waals surface area contributed by atoms with Crippen LogP contribution >= 0.6 is 0 Å². The molecule has 6 nitrogen and oxygen atoms in total. The van der Waals surface area contributed by atoms with Crippen molar-refractivity contribution in [3.63, 3.8) is 0 Å². The Morgan fingerprint density at radius 1 is 0.967 bits per heavy atom. The summed E-state index contributed by atoms with van der Waals surface area (Å²) in [5.74, 6) is 0.265. The second kappa shape index (κ2) is 8.95. The molecule has 1 aromatic heterocycles. The van der Waals surface area contributed by atoms with Gasteiger partial charge >= 0.3 is 181 Å². The maximum absolute atomic E-state index is 12.8. The van der Waals surface area contributed by atoms with Gasteiger partial charge in [-0.2, -0.15) is 0 Å². The zero-order valence-electron chi connectivity index (χ0n) is 16.6. The number of ether oxygens (including phenoxy) is 1. The van der Waals surface area contributed by atoms with Gasteiger partial charge < -0.3 is 0 Å². The van der Waals surface area contributed by atoms with Crippen LogP contribution in [0.2, 0.25) is 0 Å². The minimum absolute atomic E-state index is 0.107. The van der Waals surface area contributed by atoms with Gasteiger partial charge in [0.15, 0.2) is 0 Å². The molecule has 0 spiro atoms. The van der Waals surface area contributed by atoms with E-state index in [1.165, 1.54) is 8.92 Å². The number of anilines is 1. The molecular formula is C23H20N4O2Se. The van der Waals surface area contributed by atoms with Gasteiger partial charge in [-0.1, -0.05) is 0 Å². The van der Waals surface area contributed by atoms with Gasteiger partial charge in [0.1, 0.15) is 0 Å². The van der Waals surface area contributed by atoms with Gasteiger partial charge in [-0.3, -0.25) is 0 Å². The van der Waals surface area contributed by atoms with Gasteiger partial charge in [0.25, 0.3) is 0 Å². The number of nitrogens with one attached hydrogen (secondary N) is 1. The maximum atomic E-state index is 12.8. The second-order valence-electron chi connectivity index (χ2n) is 6.47. The van der Waals surface area contributed by atoms with Crippen molar-refractivity contribution < 1.29 is 9.53 Å².